The molecule has 2 bridgehead atoms. The van der Waals surface area contributed by atoms with Gasteiger partial charge in [0.25, 0.3) is 0 Å². The summed E-state index contributed by atoms with van der Waals surface area (Å²) >= 11 is 0. The van der Waals surface area contributed by atoms with Crippen LogP contribution in [0.2, 0.25) is 0 Å². The van der Waals surface area contributed by atoms with Crippen LogP contribution in [0.3, 0.4) is 0 Å². The third-order valence-corrected chi connectivity index (χ3v) is 5.60. The molecular weight excluding hydrogens is 258 g/mol. The maximum atomic E-state index is 5.50. The Hall–Kier alpha value is -1.02. The van der Waals surface area contributed by atoms with Crippen molar-refractivity contribution in [3.63, 3.8) is 0 Å². The molecule has 0 saturated heterocycles. The first-order chi connectivity index (χ1) is 10.1. The Morgan fingerprint density at radius 2 is 1.95 bits per heavy atom. The number of fused-ring (bicyclic) bond motifs is 2. The molecule has 2 heteroatoms. The van der Waals surface area contributed by atoms with Gasteiger partial charge < -0.3 is 9.64 Å². The van der Waals surface area contributed by atoms with Gasteiger partial charge in [-0.25, -0.2) is 0 Å². The van der Waals surface area contributed by atoms with Crippen LogP contribution >= 0.6 is 0 Å². The predicted octanol–water partition coefficient (Wildman–Crippen LogP) is 4.09. The average molecular weight is 287 g/mol. The van der Waals surface area contributed by atoms with Crippen molar-refractivity contribution in [1.29, 1.82) is 0 Å². The molecule has 1 aromatic carbocycles. The van der Waals surface area contributed by atoms with E-state index in [0.29, 0.717) is 5.92 Å². The van der Waals surface area contributed by atoms with Gasteiger partial charge in [0, 0.05) is 6.54 Å². The van der Waals surface area contributed by atoms with Gasteiger partial charge in [-0.3, -0.25) is 0 Å². The minimum atomic E-state index is 0.715. The normalized spacial score (nSPS) is 31.7. The van der Waals surface area contributed by atoms with Crippen molar-refractivity contribution in [2.75, 3.05) is 27.7 Å². The lowest BCUT2D eigenvalue weighted by Gasteiger charge is -2.39. The molecule has 0 aromatic heterocycles. The van der Waals surface area contributed by atoms with Crippen molar-refractivity contribution in [2.24, 2.45) is 17.8 Å². The van der Waals surface area contributed by atoms with E-state index in [1.807, 2.05) is 0 Å². The molecule has 1 aromatic rings. The second kappa shape index (κ2) is 6.00. The fourth-order valence-electron chi connectivity index (χ4n) is 4.77. The van der Waals surface area contributed by atoms with Gasteiger partial charge in [0.1, 0.15) is 5.75 Å². The monoisotopic (exact) mass is 287 g/mol. The predicted molar refractivity (Wildman–Crippen MR) is 88.0 cm³/mol. The van der Waals surface area contributed by atoms with E-state index < -0.39 is 0 Å². The van der Waals surface area contributed by atoms with Crippen LogP contribution in [0.5, 0.6) is 5.75 Å². The molecule has 0 amide bonds. The Morgan fingerprint density at radius 3 is 2.67 bits per heavy atom. The minimum Gasteiger partial charge on any atom is -0.497 e. The van der Waals surface area contributed by atoms with Crippen LogP contribution in [0.15, 0.2) is 18.2 Å². The molecule has 4 atom stereocenters. The summed E-state index contributed by atoms with van der Waals surface area (Å²) in [5.41, 5.74) is 2.83. The van der Waals surface area contributed by atoms with Crippen molar-refractivity contribution in [1.82, 2.24) is 4.90 Å². The van der Waals surface area contributed by atoms with E-state index in [9.17, 15) is 0 Å². The van der Waals surface area contributed by atoms with E-state index in [0.717, 1.165) is 23.5 Å². The molecule has 0 heterocycles. The number of nitrogens with zero attached hydrogens (tertiary/aromatic N) is 1. The van der Waals surface area contributed by atoms with Crippen LogP contribution in [0.25, 0.3) is 0 Å². The van der Waals surface area contributed by atoms with E-state index in [4.69, 9.17) is 4.74 Å². The Kier molecular flexibility index (Phi) is 4.26. The highest BCUT2D eigenvalue weighted by atomic mass is 16.5. The highest BCUT2D eigenvalue weighted by Crippen LogP contribution is 2.52. The molecule has 0 aliphatic heterocycles. The van der Waals surface area contributed by atoms with Crippen LogP contribution in [0, 0.1) is 24.7 Å². The van der Waals surface area contributed by atoms with Crippen molar-refractivity contribution in [3.8, 4) is 5.75 Å². The van der Waals surface area contributed by atoms with Gasteiger partial charge in [-0.15, -0.1) is 0 Å². The first kappa shape index (κ1) is 14.9. The molecule has 3 rings (SSSR count). The molecule has 2 fully saturated rings. The fourth-order valence-corrected chi connectivity index (χ4v) is 4.77. The van der Waals surface area contributed by atoms with Crippen molar-refractivity contribution in [2.45, 2.75) is 38.5 Å². The quantitative estimate of drug-likeness (QED) is 0.827. The zero-order chi connectivity index (χ0) is 15.0. The molecule has 0 radical (unpaired) electrons. The molecule has 2 aliphatic rings. The topological polar surface area (TPSA) is 12.5 Å². The van der Waals surface area contributed by atoms with E-state index in [-0.39, 0.29) is 0 Å². The Morgan fingerprint density at radius 1 is 1.14 bits per heavy atom. The van der Waals surface area contributed by atoms with E-state index in [1.165, 1.54) is 43.4 Å². The van der Waals surface area contributed by atoms with Gasteiger partial charge in [-0.2, -0.15) is 0 Å². The summed E-state index contributed by atoms with van der Waals surface area (Å²) in [6.07, 6.45) is 5.75. The summed E-state index contributed by atoms with van der Waals surface area (Å²) in [6, 6.07) is 6.81. The number of methoxy groups -OCH3 is 1. The number of rotatable bonds is 4. The molecule has 116 valence electrons. The fraction of sp³-hybridized carbons (Fsp3) is 0.684. The first-order valence-corrected chi connectivity index (χ1v) is 8.37. The zero-order valence-electron chi connectivity index (χ0n) is 13.9. The number of ether oxygens (including phenoxy) is 1. The van der Waals surface area contributed by atoms with Crippen molar-refractivity contribution >= 4 is 0 Å². The number of aryl methyl sites for hydroxylation is 1. The molecular formula is C19H29NO. The first-order valence-electron chi connectivity index (χ1n) is 8.37. The van der Waals surface area contributed by atoms with E-state index in [1.54, 1.807) is 7.11 Å². The van der Waals surface area contributed by atoms with Crippen LogP contribution in [0.4, 0.5) is 0 Å². The second-order valence-corrected chi connectivity index (χ2v) is 7.49. The maximum Gasteiger partial charge on any atom is 0.119 e. The second-order valence-electron chi connectivity index (χ2n) is 7.49. The number of benzene rings is 1. The molecule has 2 saturated carbocycles. The molecule has 2 nitrogen and oxygen atoms in total. The van der Waals surface area contributed by atoms with Gasteiger partial charge in [0.15, 0.2) is 0 Å². The maximum absolute atomic E-state index is 5.50. The lowest BCUT2D eigenvalue weighted by molar-refractivity contribution is 0.165. The standard InChI is InChI=1S/C19H29NO/c1-13-7-16(11-17(8-13)21-4)18-10-14-5-6-15(9-14)19(18)12-20(2)3/h7-8,11,14-15,18-19H,5-6,9-10,12H2,1-4H3/t14-,15+,18?,19+/m1/s1. The average Bonchev–Trinajstić information content (AvgIpc) is 2.83. The zero-order valence-corrected chi connectivity index (χ0v) is 13.9. The van der Waals surface area contributed by atoms with Crippen LogP contribution in [0.1, 0.15) is 42.7 Å². The van der Waals surface area contributed by atoms with Gasteiger partial charge in [0.05, 0.1) is 7.11 Å². The Labute approximate surface area is 129 Å². The summed E-state index contributed by atoms with van der Waals surface area (Å²) in [6.45, 7) is 3.41. The van der Waals surface area contributed by atoms with Crippen LogP contribution in [-0.4, -0.2) is 32.6 Å². The smallest absolute Gasteiger partial charge is 0.119 e. The molecule has 2 aliphatic carbocycles. The van der Waals surface area contributed by atoms with E-state index >= 15 is 0 Å². The highest BCUT2D eigenvalue weighted by molar-refractivity contribution is 5.36. The van der Waals surface area contributed by atoms with Crippen LogP contribution in [-0.2, 0) is 0 Å². The molecule has 21 heavy (non-hydrogen) atoms. The molecule has 1 unspecified atom stereocenters. The number of hydrogen-bond acceptors (Lipinski definition) is 2. The van der Waals surface area contributed by atoms with Crippen LogP contribution < -0.4 is 4.74 Å². The van der Waals surface area contributed by atoms with Gasteiger partial charge >= 0.3 is 0 Å². The summed E-state index contributed by atoms with van der Waals surface area (Å²) in [5, 5.41) is 0. The third kappa shape index (κ3) is 3.11. The Bertz CT molecular complexity index is 496. The van der Waals surface area contributed by atoms with Crippen molar-refractivity contribution < 1.29 is 4.74 Å². The lowest BCUT2D eigenvalue weighted by atomic mass is 9.69. The van der Waals surface area contributed by atoms with Crippen molar-refractivity contribution in [3.05, 3.63) is 29.3 Å². The third-order valence-electron chi connectivity index (χ3n) is 5.60. The lowest BCUT2D eigenvalue weighted by Crippen LogP contribution is -2.34. The summed E-state index contributed by atoms with van der Waals surface area (Å²) in [5.74, 6) is 4.44. The summed E-state index contributed by atoms with van der Waals surface area (Å²) in [4.78, 5) is 2.38. The van der Waals surface area contributed by atoms with Gasteiger partial charge in [-0.1, -0.05) is 12.5 Å². The SMILES string of the molecule is COc1cc(C)cc(C2C[C@@H]3CC[C@@H](C3)[C@@H]2CN(C)C)c1. The van der Waals surface area contributed by atoms with Gasteiger partial charge in [-0.05, 0) is 87.2 Å². The van der Waals surface area contributed by atoms with E-state index in [2.05, 4.69) is 44.1 Å². The van der Waals surface area contributed by atoms with Gasteiger partial charge in [0.2, 0.25) is 0 Å². The Balaban J connectivity index is 1.92. The minimum absolute atomic E-state index is 0.715. The number of hydrogen-bond donors (Lipinski definition) is 0. The highest BCUT2D eigenvalue weighted by Gasteiger charge is 2.42. The molecule has 0 spiro atoms. The molecule has 0 N–H and O–H groups in total. The summed E-state index contributed by atoms with van der Waals surface area (Å²) < 4.78 is 5.50. The summed E-state index contributed by atoms with van der Waals surface area (Å²) in [7, 11) is 6.21. The largest absolute Gasteiger partial charge is 0.497 e.